The molecule has 11 aromatic rings. The molecule has 0 radical (unpaired) electrons. The molecule has 0 atom stereocenters. The van der Waals surface area contributed by atoms with Crippen LogP contribution in [0.2, 0.25) is 0 Å². The summed E-state index contributed by atoms with van der Waals surface area (Å²) in [5.74, 6) is 0. The molecule has 0 bridgehead atoms. The first-order chi connectivity index (χ1) is 29.8. The second-order valence-electron chi connectivity index (χ2n) is 15.3. The predicted octanol–water partition coefficient (Wildman–Crippen LogP) is 16.1. The highest BCUT2D eigenvalue weighted by Crippen LogP contribution is 2.46. The molecule has 0 saturated carbocycles. The van der Waals surface area contributed by atoms with Gasteiger partial charge in [0.2, 0.25) is 0 Å². The van der Waals surface area contributed by atoms with E-state index in [1.54, 1.807) is 0 Å². The van der Waals surface area contributed by atoms with Gasteiger partial charge in [0.15, 0.2) is 0 Å². The Morgan fingerprint density at radius 3 is 1.50 bits per heavy atom. The Kier molecular flexibility index (Phi) is 8.87. The van der Waals surface area contributed by atoms with E-state index in [1.807, 2.05) is 0 Å². The topological polar surface area (TPSA) is 8.17 Å². The smallest absolute Gasteiger partial charge is 0.0547 e. The Bertz CT molecular complexity index is 3290. The monoisotopic (exact) mass is 764 g/mol. The molecule has 2 heteroatoms. The number of hydrogen-bond donors (Lipinski definition) is 0. The Hall–Kier alpha value is -7.94. The maximum atomic E-state index is 2.42. The summed E-state index contributed by atoms with van der Waals surface area (Å²) in [5.41, 5.74) is 16.3. The molecule has 11 rings (SSSR count). The molecule has 0 fully saturated rings. The zero-order valence-electron chi connectivity index (χ0n) is 33.0. The van der Waals surface area contributed by atoms with Crippen molar-refractivity contribution >= 4 is 49.6 Å². The fourth-order valence-electron chi connectivity index (χ4n) is 9.00. The third-order valence-electron chi connectivity index (χ3n) is 11.8. The van der Waals surface area contributed by atoms with E-state index in [1.165, 1.54) is 71.5 Å². The number of hydrogen-bond acceptors (Lipinski definition) is 1. The van der Waals surface area contributed by atoms with Crippen LogP contribution in [0.3, 0.4) is 0 Å². The number of para-hydroxylation sites is 2. The van der Waals surface area contributed by atoms with E-state index >= 15 is 0 Å². The van der Waals surface area contributed by atoms with Gasteiger partial charge in [0.25, 0.3) is 0 Å². The van der Waals surface area contributed by atoms with Gasteiger partial charge in [0.05, 0.1) is 16.7 Å². The summed E-state index contributed by atoms with van der Waals surface area (Å²) < 4.78 is 2.42. The Labute approximate surface area is 350 Å². The Morgan fingerprint density at radius 2 is 0.800 bits per heavy atom. The molecule has 282 valence electrons. The van der Waals surface area contributed by atoms with Gasteiger partial charge in [-0.05, 0) is 110 Å². The van der Waals surface area contributed by atoms with Crippen molar-refractivity contribution in [1.29, 1.82) is 0 Å². The predicted molar refractivity (Wildman–Crippen MR) is 255 cm³/mol. The molecule has 2 nitrogen and oxygen atoms in total. The van der Waals surface area contributed by atoms with Crippen LogP contribution in [0.25, 0.3) is 82.8 Å². The van der Waals surface area contributed by atoms with Crippen molar-refractivity contribution in [3.05, 3.63) is 243 Å². The molecule has 0 aliphatic carbocycles. The summed E-state index contributed by atoms with van der Waals surface area (Å²) in [5, 5.41) is 4.98. The first kappa shape index (κ1) is 35.2. The summed E-state index contributed by atoms with van der Waals surface area (Å²) in [6.45, 7) is 0. The van der Waals surface area contributed by atoms with Gasteiger partial charge in [0, 0.05) is 33.4 Å². The number of fused-ring (bicyclic) bond motifs is 4. The van der Waals surface area contributed by atoms with E-state index in [0.717, 1.165) is 28.3 Å². The first-order valence-corrected chi connectivity index (χ1v) is 20.6. The number of benzene rings is 10. The van der Waals surface area contributed by atoms with Gasteiger partial charge in [-0.1, -0.05) is 182 Å². The lowest BCUT2D eigenvalue weighted by molar-refractivity contribution is 1.18. The highest BCUT2D eigenvalue weighted by molar-refractivity contribution is 6.20. The van der Waals surface area contributed by atoms with Crippen molar-refractivity contribution in [3.63, 3.8) is 0 Å². The zero-order chi connectivity index (χ0) is 39.8. The normalized spacial score (nSPS) is 11.3. The largest absolute Gasteiger partial charge is 0.310 e. The van der Waals surface area contributed by atoms with E-state index in [9.17, 15) is 0 Å². The van der Waals surface area contributed by atoms with Crippen LogP contribution >= 0.6 is 0 Å². The van der Waals surface area contributed by atoms with E-state index in [-0.39, 0.29) is 0 Å². The standard InChI is InChI=1S/C58H40N2/c1-4-18-43(19-5-1)51-27-12-13-30-54(51)59(49-37-35-42(36-38-49)46-34-33-41-17-10-11-22-45(41)39-46)50-26-14-23-47(40-50)53-29-16-32-56-58(53)57-52(44-20-6-2-7-21-44)28-15-31-55(57)60(56)48-24-8-3-9-25-48/h1-40H. The molecular weight excluding hydrogens is 725 g/mol. The van der Waals surface area contributed by atoms with Crippen molar-refractivity contribution in [2.45, 2.75) is 0 Å². The second kappa shape index (κ2) is 15.1. The van der Waals surface area contributed by atoms with Crippen molar-refractivity contribution < 1.29 is 0 Å². The van der Waals surface area contributed by atoms with Gasteiger partial charge >= 0.3 is 0 Å². The summed E-state index contributed by atoms with van der Waals surface area (Å²) in [6.07, 6.45) is 0. The fourth-order valence-corrected chi connectivity index (χ4v) is 9.00. The van der Waals surface area contributed by atoms with Gasteiger partial charge in [-0.2, -0.15) is 0 Å². The summed E-state index contributed by atoms with van der Waals surface area (Å²) in [7, 11) is 0. The summed E-state index contributed by atoms with van der Waals surface area (Å²) in [6, 6.07) is 87.9. The highest BCUT2D eigenvalue weighted by Gasteiger charge is 2.22. The molecule has 0 amide bonds. The van der Waals surface area contributed by atoms with Crippen molar-refractivity contribution in [1.82, 2.24) is 4.57 Å². The van der Waals surface area contributed by atoms with Crippen LogP contribution in [0.1, 0.15) is 0 Å². The number of anilines is 3. The SMILES string of the molecule is c1ccc(-c2ccccc2N(c2ccc(-c3ccc4ccccc4c3)cc2)c2cccc(-c3cccc4c3c3c(-c5ccccc5)cccc3n4-c3ccccc3)c2)cc1. The Morgan fingerprint density at radius 1 is 0.283 bits per heavy atom. The van der Waals surface area contributed by atoms with E-state index in [0.29, 0.717) is 0 Å². The van der Waals surface area contributed by atoms with Crippen LogP contribution in [0, 0.1) is 0 Å². The second-order valence-corrected chi connectivity index (χ2v) is 15.3. The third-order valence-corrected chi connectivity index (χ3v) is 11.8. The number of aromatic nitrogens is 1. The van der Waals surface area contributed by atoms with Crippen LogP contribution in [-0.2, 0) is 0 Å². The van der Waals surface area contributed by atoms with Crippen molar-refractivity contribution in [2.24, 2.45) is 0 Å². The quantitative estimate of drug-likeness (QED) is 0.150. The minimum Gasteiger partial charge on any atom is -0.310 e. The van der Waals surface area contributed by atoms with Crippen LogP contribution in [0.15, 0.2) is 243 Å². The van der Waals surface area contributed by atoms with E-state index < -0.39 is 0 Å². The number of rotatable bonds is 8. The lowest BCUT2D eigenvalue weighted by Gasteiger charge is -2.28. The molecule has 0 N–H and O–H groups in total. The van der Waals surface area contributed by atoms with Crippen molar-refractivity contribution in [3.8, 4) is 50.2 Å². The van der Waals surface area contributed by atoms with Gasteiger partial charge in [0.1, 0.15) is 0 Å². The average molecular weight is 765 g/mol. The Balaban J connectivity index is 1.12. The minimum absolute atomic E-state index is 1.08. The minimum atomic E-state index is 1.08. The summed E-state index contributed by atoms with van der Waals surface area (Å²) >= 11 is 0. The molecular formula is C58H40N2. The molecule has 60 heavy (non-hydrogen) atoms. The average Bonchev–Trinajstić information content (AvgIpc) is 3.68. The lowest BCUT2D eigenvalue weighted by atomic mass is 9.94. The van der Waals surface area contributed by atoms with E-state index in [2.05, 4.69) is 252 Å². The maximum absolute atomic E-state index is 2.42. The maximum Gasteiger partial charge on any atom is 0.0547 e. The molecule has 10 aromatic carbocycles. The van der Waals surface area contributed by atoms with Gasteiger partial charge < -0.3 is 9.47 Å². The molecule has 0 unspecified atom stereocenters. The van der Waals surface area contributed by atoms with Gasteiger partial charge in [-0.15, -0.1) is 0 Å². The van der Waals surface area contributed by atoms with E-state index in [4.69, 9.17) is 0 Å². The number of nitrogens with zero attached hydrogens (tertiary/aromatic N) is 2. The van der Waals surface area contributed by atoms with Crippen molar-refractivity contribution in [2.75, 3.05) is 4.90 Å². The third kappa shape index (κ3) is 6.23. The summed E-state index contributed by atoms with van der Waals surface area (Å²) in [4.78, 5) is 2.42. The molecule has 1 aromatic heterocycles. The molecule has 0 saturated heterocycles. The molecule has 1 heterocycles. The molecule has 0 aliphatic heterocycles. The van der Waals surface area contributed by atoms with Crippen LogP contribution < -0.4 is 4.90 Å². The highest BCUT2D eigenvalue weighted by atomic mass is 15.1. The molecule has 0 aliphatic rings. The fraction of sp³-hybridized carbons (Fsp3) is 0. The zero-order valence-corrected chi connectivity index (χ0v) is 33.0. The molecule has 0 spiro atoms. The van der Waals surface area contributed by atoms with Crippen LogP contribution in [0.4, 0.5) is 17.1 Å². The van der Waals surface area contributed by atoms with Crippen LogP contribution in [-0.4, -0.2) is 4.57 Å². The van der Waals surface area contributed by atoms with Crippen LogP contribution in [0.5, 0.6) is 0 Å². The first-order valence-electron chi connectivity index (χ1n) is 20.6. The van der Waals surface area contributed by atoms with Gasteiger partial charge in [-0.25, -0.2) is 0 Å². The van der Waals surface area contributed by atoms with Gasteiger partial charge in [-0.3, -0.25) is 0 Å². The lowest BCUT2D eigenvalue weighted by Crippen LogP contribution is -2.11.